The number of rotatable bonds is 7. The summed E-state index contributed by atoms with van der Waals surface area (Å²) in [6.45, 7) is 8.97. The van der Waals surface area contributed by atoms with E-state index in [9.17, 15) is 0 Å². The Balaban J connectivity index is 0.00000516. The van der Waals surface area contributed by atoms with Crippen LogP contribution in [-0.2, 0) is 26.5 Å². The van der Waals surface area contributed by atoms with Crippen molar-refractivity contribution in [2.45, 2.75) is 26.2 Å². The Labute approximate surface area is 441 Å². The molecule has 5 heterocycles. The molecule has 0 amide bonds. The third-order valence-electron chi connectivity index (χ3n) is 15.1. The van der Waals surface area contributed by atoms with Crippen LogP contribution >= 0.6 is 0 Å². The van der Waals surface area contributed by atoms with E-state index < -0.39 is 8.07 Å². The SMILES string of the molecule is CN1c2ccccc2[Si]2(c3ccccc31)c1cc(Oc3[c-]c(N4[CH-]N(c5c(-c6ccccc6)cccc5-c5ccccc5)c5ccccc54)ccc3)[c-]c3c1c1c2cccc1n3-c1cc(C(C)(C)C)ccn1.[Pt]. The third-order valence-corrected chi connectivity index (χ3v) is 20.0. The van der Waals surface area contributed by atoms with Crippen LogP contribution in [0.4, 0.5) is 34.1 Å². The number of fused-ring (bicyclic) bond motifs is 7. The van der Waals surface area contributed by atoms with E-state index in [1.165, 1.54) is 48.5 Å². The standard InChI is InChI=1S/C65H48N5OSi.Pt/c1-65(2,3)45-36-37-66-61(38-45)70-55-32-19-35-59-62(55)63-56(70)40-48(41-60(63)72(59)57-33-15-13-30-53(57)67(4)54-31-14-16-34-58(54)72)71-47-25-17-24-46(39-47)68-42-69(52-29-12-11-28-51(52)68)64-49(43-20-7-5-8-21-43)26-18-27-50(64)44-22-9-6-10-23-44;/h5-38,41-42H,1-4H3;/q-3;. The van der Waals surface area contributed by atoms with Crippen molar-refractivity contribution in [3.63, 3.8) is 0 Å². The van der Waals surface area contributed by atoms with Crippen molar-refractivity contribution in [2.24, 2.45) is 0 Å². The number of benzene rings is 9. The zero-order valence-electron chi connectivity index (χ0n) is 40.7. The van der Waals surface area contributed by atoms with Crippen molar-refractivity contribution in [2.75, 3.05) is 21.7 Å². The molecule has 0 N–H and O–H groups in total. The topological polar surface area (TPSA) is 36.8 Å². The molecule has 0 atom stereocenters. The van der Waals surface area contributed by atoms with Crippen molar-refractivity contribution >= 4 is 84.8 Å². The first-order valence-electron chi connectivity index (χ1n) is 24.7. The van der Waals surface area contributed by atoms with Gasteiger partial charge in [0.05, 0.1) is 0 Å². The molecule has 0 aliphatic carbocycles. The molecule has 11 aromatic rings. The largest absolute Gasteiger partial charge is 0.509 e. The summed E-state index contributed by atoms with van der Waals surface area (Å²) in [6.07, 6.45) is 1.95. The maximum atomic E-state index is 7.18. The predicted molar refractivity (Wildman–Crippen MR) is 299 cm³/mol. The van der Waals surface area contributed by atoms with E-state index in [0.29, 0.717) is 11.5 Å². The second-order valence-corrected chi connectivity index (χ2v) is 23.7. The van der Waals surface area contributed by atoms with Crippen LogP contribution in [0.5, 0.6) is 11.5 Å². The van der Waals surface area contributed by atoms with Gasteiger partial charge in [0.15, 0.2) is 8.07 Å². The average Bonchev–Trinajstić information content (AvgIpc) is 4.08. The molecule has 0 bridgehead atoms. The minimum Gasteiger partial charge on any atom is -0.509 e. The van der Waals surface area contributed by atoms with Crippen LogP contribution in [0.15, 0.2) is 212 Å². The van der Waals surface area contributed by atoms with E-state index in [1.807, 2.05) is 12.3 Å². The maximum Gasteiger partial charge on any atom is 0.161 e. The van der Waals surface area contributed by atoms with Gasteiger partial charge in [-0.1, -0.05) is 166 Å². The first-order chi connectivity index (χ1) is 35.3. The zero-order chi connectivity index (χ0) is 48.3. The monoisotopic (exact) mass is 1140 g/mol. The van der Waals surface area contributed by atoms with Gasteiger partial charge in [-0.25, -0.2) is 4.98 Å². The molecule has 0 saturated heterocycles. The molecule has 0 radical (unpaired) electrons. The number of ether oxygens (including phenoxy) is 1. The molecule has 1 spiro atoms. The Morgan fingerprint density at radius 3 is 1.75 bits per heavy atom. The van der Waals surface area contributed by atoms with Crippen LogP contribution in [0.1, 0.15) is 26.3 Å². The van der Waals surface area contributed by atoms with Gasteiger partial charge in [0, 0.05) is 90.9 Å². The van der Waals surface area contributed by atoms with Crippen molar-refractivity contribution in [1.82, 2.24) is 9.55 Å². The molecule has 0 fully saturated rings. The molecule has 73 heavy (non-hydrogen) atoms. The quantitative estimate of drug-likeness (QED) is 0.117. The molecule has 3 aliphatic heterocycles. The molecule has 9 aromatic carbocycles. The summed E-state index contributed by atoms with van der Waals surface area (Å²) >= 11 is 0. The first kappa shape index (κ1) is 44.9. The number of pyridine rings is 1. The van der Waals surface area contributed by atoms with E-state index in [2.05, 4.69) is 266 Å². The van der Waals surface area contributed by atoms with E-state index in [0.717, 1.165) is 61.9 Å². The molecule has 0 unspecified atom stereocenters. The molecule has 3 aliphatic rings. The molecule has 2 aromatic heterocycles. The second kappa shape index (κ2) is 17.1. The normalized spacial score (nSPS) is 13.9. The summed E-state index contributed by atoms with van der Waals surface area (Å²) < 4.78 is 9.49. The molecule has 6 nitrogen and oxygen atoms in total. The summed E-state index contributed by atoms with van der Waals surface area (Å²) in [4.78, 5) is 12.0. The Morgan fingerprint density at radius 2 is 1.10 bits per heavy atom. The van der Waals surface area contributed by atoms with Gasteiger partial charge in [0.25, 0.3) is 0 Å². The van der Waals surface area contributed by atoms with Gasteiger partial charge in [0.1, 0.15) is 5.82 Å². The summed E-state index contributed by atoms with van der Waals surface area (Å²) in [5.74, 6) is 2.10. The van der Waals surface area contributed by atoms with Gasteiger partial charge >= 0.3 is 0 Å². The van der Waals surface area contributed by atoms with Crippen LogP contribution in [0.3, 0.4) is 0 Å². The van der Waals surface area contributed by atoms with Gasteiger partial charge in [-0.3, -0.25) is 0 Å². The third kappa shape index (κ3) is 6.75. The van der Waals surface area contributed by atoms with E-state index in [-0.39, 0.29) is 26.5 Å². The van der Waals surface area contributed by atoms with Crippen LogP contribution in [-0.4, -0.2) is 24.7 Å². The molecule has 0 saturated carbocycles. The van der Waals surface area contributed by atoms with Gasteiger partial charge in [-0.05, 0) is 85.5 Å². The van der Waals surface area contributed by atoms with Crippen LogP contribution in [0, 0.1) is 18.8 Å². The Morgan fingerprint density at radius 1 is 0.521 bits per heavy atom. The Kier molecular flexibility index (Phi) is 10.5. The summed E-state index contributed by atoms with van der Waals surface area (Å²) in [7, 11) is -0.739. The minimum atomic E-state index is -2.94. The number of hydrogen-bond acceptors (Lipinski definition) is 5. The smallest absolute Gasteiger partial charge is 0.161 e. The maximum absolute atomic E-state index is 7.18. The Bertz CT molecular complexity index is 3870. The average molecular weight is 1140 g/mol. The van der Waals surface area contributed by atoms with Crippen molar-refractivity contribution < 1.29 is 25.8 Å². The van der Waals surface area contributed by atoms with Crippen molar-refractivity contribution in [1.29, 1.82) is 0 Å². The van der Waals surface area contributed by atoms with Crippen molar-refractivity contribution in [3.05, 3.63) is 237 Å². The number of hydrogen-bond donors (Lipinski definition) is 0. The fraction of sp³-hybridized carbons (Fsp3) is 0.0769. The van der Waals surface area contributed by atoms with Crippen LogP contribution in [0.2, 0.25) is 0 Å². The number of nitrogens with zero attached hydrogens (tertiary/aromatic N) is 5. The summed E-state index contributed by atoms with van der Waals surface area (Å²) in [5.41, 5.74) is 14.4. The van der Waals surface area contributed by atoms with Crippen molar-refractivity contribution in [3.8, 4) is 39.6 Å². The summed E-state index contributed by atoms with van der Waals surface area (Å²) in [6, 6.07) is 82.0. The molecule has 356 valence electrons. The zero-order valence-corrected chi connectivity index (χ0v) is 44.0. The number of anilines is 6. The molecule has 8 heteroatoms. The molecular formula is C65H48N5OPtSi-3. The van der Waals surface area contributed by atoms with E-state index in [4.69, 9.17) is 9.72 Å². The van der Waals surface area contributed by atoms with Gasteiger partial charge in [0.2, 0.25) is 0 Å². The van der Waals surface area contributed by atoms with Gasteiger partial charge in [-0.15, -0.1) is 53.3 Å². The minimum absolute atomic E-state index is 0. The molecule has 14 rings (SSSR count). The number of para-hydroxylation sites is 5. The van der Waals surface area contributed by atoms with Gasteiger partial charge in [-0.2, -0.15) is 6.07 Å². The summed E-state index contributed by atoms with van der Waals surface area (Å²) in [5, 5.41) is 7.94. The fourth-order valence-corrected chi connectivity index (χ4v) is 17.5. The fourth-order valence-electron chi connectivity index (χ4n) is 11.9. The number of aromatic nitrogens is 2. The first-order valence-corrected chi connectivity index (χ1v) is 26.7. The van der Waals surface area contributed by atoms with Crippen LogP contribution in [0.25, 0.3) is 49.9 Å². The van der Waals surface area contributed by atoms with Gasteiger partial charge < -0.3 is 24.0 Å². The van der Waals surface area contributed by atoms with E-state index >= 15 is 0 Å². The molecular weight excluding hydrogens is 1090 g/mol. The van der Waals surface area contributed by atoms with Crippen LogP contribution < -0.4 is 40.2 Å². The predicted octanol–water partition coefficient (Wildman–Crippen LogP) is 13.4. The second-order valence-electron chi connectivity index (χ2n) is 20.1. The Hall–Kier alpha value is -7.96. The van der Waals surface area contributed by atoms with E-state index in [1.54, 1.807) is 0 Å².